The number of nitrogens with zero attached hydrogens (tertiary/aromatic N) is 2. The lowest BCUT2D eigenvalue weighted by Crippen LogP contribution is -2.15. The van der Waals surface area contributed by atoms with Crippen LogP contribution >= 0.6 is 0 Å². The Morgan fingerprint density at radius 2 is 0.825 bits per heavy atom. The van der Waals surface area contributed by atoms with Gasteiger partial charge in [-0.15, -0.1) is 0 Å². The predicted molar refractivity (Wildman–Crippen MR) is 242 cm³/mol. The number of anilines is 5. The van der Waals surface area contributed by atoms with Crippen LogP contribution in [0.3, 0.4) is 0 Å². The van der Waals surface area contributed by atoms with E-state index in [9.17, 15) is 0 Å². The Labute approximate surface area is 336 Å². The molecule has 0 fully saturated rings. The minimum atomic E-state index is 0.805. The van der Waals surface area contributed by atoms with Crippen LogP contribution in [0.2, 0.25) is 0 Å². The number of fused-ring (bicyclic) bond motifs is 1. The van der Waals surface area contributed by atoms with Gasteiger partial charge in [-0.1, -0.05) is 170 Å². The monoisotopic (exact) mass is 730 g/mol. The molecule has 8 aromatic rings. The molecule has 0 unspecified atom stereocenters. The minimum Gasteiger partial charge on any atom is -0.311 e. The van der Waals surface area contributed by atoms with E-state index in [0.717, 1.165) is 46.1 Å². The van der Waals surface area contributed by atoms with Gasteiger partial charge in [0.2, 0.25) is 0 Å². The fourth-order valence-corrected chi connectivity index (χ4v) is 7.70. The average Bonchev–Trinajstić information content (AvgIpc) is 3.35. The highest BCUT2D eigenvalue weighted by Gasteiger charge is 2.17. The second-order valence-electron chi connectivity index (χ2n) is 14.3. The zero-order valence-electron chi connectivity index (χ0n) is 31.7. The van der Waals surface area contributed by atoms with Crippen molar-refractivity contribution < 1.29 is 0 Å². The van der Waals surface area contributed by atoms with E-state index >= 15 is 0 Å². The third-order valence-electron chi connectivity index (χ3n) is 10.7. The van der Waals surface area contributed by atoms with E-state index in [1.165, 1.54) is 44.5 Å². The van der Waals surface area contributed by atoms with Gasteiger partial charge in [-0.2, -0.15) is 0 Å². The quantitative estimate of drug-likeness (QED) is 0.154. The fraction of sp³-hybridized carbons (Fsp3) is 0.0182. The van der Waals surface area contributed by atoms with Gasteiger partial charge in [-0.3, -0.25) is 0 Å². The van der Waals surface area contributed by atoms with Crippen molar-refractivity contribution in [1.82, 2.24) is 0 Å². The number of allylic oxidation sites excluding steroid dienone is 4. The first kappa shape index (κ1) is 35.3. The molecule has 0 spiro atoms. The van der Waals surface area contributed by atoms with Crippen LogP contribution in [0.15, 0.2) is 243 Å². The molecule has 8 aromatic carbocycles. The molecule has 0 bridgehead atoms. The Hall–Kier alpha value is -7.42. The molecular weight excluding hydrogens is 689 g/mol. The van der Waals surface area contributed by atoms with Crippen LogP contribution in [-0.2, 0) is 6.42 Å². The maximum absolute atomic E-state index is 4.52. The number of benzene rings is 8. The van der Waals surface area contributed by atoms with Crippen molar-refractivity contribution >= 4 is 34.0 Å². The zero-order chi connectivity index (χ0) is 38.4. The standard InChI is InChI=1S/C55H42N2/c1-41-24-25-46(26-27-48-18-11-12-23-55(48)56(41)51-21-9-4-10-22-51)49-19-13-20-50(40-49)47-32-38-54(39-33-47)57(52-34-28-44(29-35-52)42-14-5-2-6-15-42)53-36-30-45(31-37-53)43-16-7-3-8-17-43/h2-26,28-40H,1,27H2/b25-24-,46-26+. The van der Waals surface area contributed by atoms with Gasteiger partial charge in [0, 0.05) is 34.1 Å². The number of rotatable bonds is 8. The van der Waals surface area contributed by atoms with E-state index in [1.807, 2.05) is 0 Å². The normalized spacial score (nSPS) is 14.0. The van der Waals surface area contributed by atoms with Gasteiger partial charge >= 0.3 is 0 Å². The molecule has 1 aliphatic rings. The molecule has 2 heteroatoms. The van der Waals surface area contributed by atoms with Crippen molar-refractivity contribution in [3.63, 3.8) is 0 Å². The Kier molecular flexibility index (Phi) is 9.99. The molecule has 0 aromatic heterocycles. The smallest absolute Gasteiger partial charge is 0.0496 e. The van der Waals surface area contributed by atoms with Gasteiger partial charge in [0.15, 0.2) is 0 Å². The van der Waals surface area contributed by atoms with Crippen LogP contribution < -0.4 is 9.80 Å². The molecule has 0 saturated carbocycles. The highest BCUT2D eigenvalue weighted by atomic mass is 15.1. The topological polar surface area (TPSA) is 6.48 Å². The number of para-hydroxylation sites is 2. The second kappa shape index (κ2) is 16.1. The zero-order valence-corrected chi connectivity index (χ0v) is 31.7. The van der Waals surface area contributed by atoms with E-state index in [0.29, 0.717) is 0 Å². The summed E-state index contributed by atoms with van der Waals surface area (Å²) >= 11 is 0. The Bertz CT molecular complexity index is 2590. The lowest BCUT2D eigenvalue weighted by Gasteiger charge is -2.27. The summed E-state index contributed by atoms with van der Waals surface area (Å²) in [7, 11) is 0. The summed E-state index contributed by atoms with van der Waals surface area (Å²) in [4.78, 5) is 4.58. The minimum absolute atomic E-state index is 0.805. The van der Waals surface area contributed by atoms with Crippen molar-refractivity contribution in [2.45, 2.75) is 6.42 Å². The van der Waals surface area contributed by atoms with Gasteiger partial charge in [0.1, 0.15) is 0 Å². The molecule has 0 atom stereocenters. The Morgan fingerprint density at radius 3 is 1.39 bits per heavy atom. The Morgan fingerprint density at radius 1 is 0.386 bits per heavy atom. The molecule has 272 valence electrons. The molecule has 57 heavy (non-hydrogen) atoms. The Balaban J connectivity index is 1.03. The van der Waals surface area contributed by atoms with E-state index in [4.69, 9.17) is 0 Å². The summed E-state index contributed by atoms with van der Waals surface area (Å²) in [6.07, 6.45) is 7.48. The van der Waals surface area contributed by atoms with Gasteiger partial charge < -0.3 is 9.80 Å². The van der Waals surface area contributed by atoms with Crippen molar-refractivity contribution in [1.29, 1.82) is 0 Å². The molecule has 0 amide bonds. The lowest BCUT2D eigenvalue weighted by molar-refractivity contribution is 1.17. The lowest BCUT2D eigenvalue weighted by atomic mass is 9.97. The van der Waals surface area contributed by atoms with Crippen LogP contribution in [-0.4, -0.2) is 0 Å². The van der Waals surface area contributed by atoms with Crippen LogP contribution in [0.1, 0.15) is 11.1 Å². The third kappa shape index (κ3) is 7.62. The van der Waals surface area contributed by atoms with E-state index < -0.39 is 0 Å². The highest BCUT2D eigenvalue weighted by Crippen LogP contribution is 2.39. The molecular formula is C55H42N2. The summed E-state index contributed by atoms with van der Waals surface area (Å²) in [5.74, 6) is 0. The first-order valence-corrected chi connectivity index (χ1v) is 19.5. The van der Waals surface area contributed by atoms with E-state index in [1.54, 1.807) is 0 Å². The van der Waals surface area contributed by atoms with Crippen molar-refractivity contribution in [3.05, 3.63) is 254 Å². The first-order valence-electron chi connectivity index (χ1n) is 19.5. The maximum atomic E-state index is 4.52. The average molecular weight is 731 g/mol. The van der Waals surface area contributed by atoms with E-state index in [-0.39, 0.29) is 0 Å². The molecule has 0 saturated heterocycles. The van der Waals surface area contributed by atoms with Gasteiger partial charge in [0.25, 0.3) is 0 Å². The SMILES string of the molecule is C=C1/C=C\C(c2cccc(-c3ccc(N(c4ccc(-c5ccccc5)cc4)c4ccc(-c5ccccc5)cc4)cc3)c2)=C/Cc2ccccc2N1c1ccccc1. The summed E-state index contributed by atoms with van der Waals surface area (Å²) in [5.41, 5.74) is 17.2. The maximum Gasteiger partial charge on any atom is 0.0496 e. The highest BCUT2D eigenvalue weighted by molar-refractivity contribution is 5.84. The molecule has 0 N–H and O–H groups in total. The van der Waals surface area contributed by atoms with Crippen LogP contribution in [0, 0.1) is 0 Å². The van der Waals surface area contributed by atoms with Crippen molar-refractivity contribution in [2.24, 2.45) is 0 Å². The van der Waals surface area contributed by atoms with Crippen LogP contribution in [0.5, 0.6) is 0 Å². The van der Waals surface area contributed by atoms with Gasteiger partial charge in [-0.25, -0.2) is 0 Å². The van der Waals surface area contributed by atoms with Crippen LogP contribution in [0.25, 0.3) is 39.0 Å². The molecule has 1 heterocycles. The largest absolute Gasteiger partial charge is 0.311 e. The summed E-state index contributed by atoms with van der Waals surface area (Å²) in [6.45, 7) is 4.52. The van der Waals surface area contributed by atoms with Gasteiger partial charge in [0.05, 0.1) is 0 Å². The first-order chi connectivity index (χ1) is 28.2. The number of hydrogen-bond donors (Lipinski definition) is 0. The summed E-state index contributed by atoms with van der Waals surface area (Å²) < 4.78 is 0. The second-order valence-corrected chi connectivity index (χ2v) is 14.3. The molecule has 0 aliphatic carbocycles. The number of hydrogen-bond acceptors (Lipinski definition) is 2. The fourth-order valence-electron chi connectivity index (χ4n) is 7.70. The van der Waals surface area contributed by atoms with E-state index in [2.05, 4.69) is 247 Å². The molecule has 1 aliphatic heterocycles. The van der Waals surface area contributed by atoms with Crippen LogP contribution in [0.4, 0.5) is 28.4 Å². The molecule has 9 rings (SSSR count). The molecule has 2 nitrogen and oxygen atoms in total. The summed E-state index contributed by atoms with van der Waals surface area (Å²) in [6, 6.07) is 75.7. The van der Waals surface area contributed by atoms with Gasteiger partial charge in [-0.05, 0) is 123 Å². The van der Waals surface area contributed by atoms with Crippen molar-refractivity contribution in [2.75, 3.05) is 9.80 Å². The third-order valence-corrected chi connectivity index (χ3v) is 10.7. The molecule has 0 radical (unpaired) electrons. The summed E-state index contributed by atoms with van der Waals surface area (Å²) in [5, 5.41) is 0. The van der Waals surface area contributed by atoms with Crippen molar-refractivity contribution in [3.8, 4) is 33.4 Å². The predicted octanol–water partition coefficient (Wildman–Crippen LogP) is 15.0.